The predicted molar refractivity (Wildman–Crippen MR) is 105 cm³/mol. The largest absolute Gasteiger partial charge is 0.336 e. The van der Waals surface area contributed by atoms with Crippen LogP contribution in [0.1, 0.15) is 45.6 Å². The van der Waals surface area contributed by atoms with E-state index in [1.807, 2.05) is 43.0 Å². The lowest BCUT2D eigenvalue weighted by atomic mass is 9.97. The highest BCUT2D eigenvalue weighted by atomic mass is 32.2. The molecular weight excluding hydrogens is 346 g/mol. The Hall–Kier alpha value is -2.02. The molecule has 140 valence electrons. The summed E-state index contributed by atoms with van der Waals surface area (Å²) in [5.41, 5.74) is 2.09. The summed E-state index contributed by atoms with van der Waals surface area (Å²) < 4.78 is 1.47. The molecule has 7 heteroatoms. The van der Waals surface area contributed by atoms with Crippen molar-refractivity contribution in [1.82, 2.24) is 19.8 Å². The number of nitrogens with two attached hydrogens (primary N) is 1. The van der Waals surface area contributed by atoms with Crippen molar-refractivity contribution in [3.63, 3.8) is 0 Å². The molecule has 6 nitrogen and oxygen atoms in total. The molecule has 3 atom stereocenters. The third-order valence-electron chi connectivity index (χ3n) is 5.05. The van der Waals surface area contributed by atoms with Gasteiger partial charge in [0.1, 0.15) is 0 Å². The molecule has 0 bridgehead atoms. The number of nitrogens with zero attached hydrogens (tertiary/aromatic N) is 4. The smallest absolute Gasteiger partial charge is 0.236 e. The molecule has 0 unspecified atom stereocenters. The molecule has 2 N–H and O–H groups in total. The van der Waals surface area contributed by atoms with E-state index in [2.05, 4.69) is 24.0 Å². The molecule has 2 aromatic rings. The zero-order chi connectivity index (χ0) is 18.8. The molecule has 0 saturated carbocycles. The number of aromatic nitrogens is 3. The number of hydrogen-bond donors (Lipinski definition) is 1. The van der Waals surface area contributed by atoms with Crippen LogP contribution < -0.4 is 5.84 Å². The molecule has 0 aliphatic carbocycles. The fourth-order valence-corrected chi connectivity index (χ4v) is 4.36. The van der Waals surface area contributed by atoms with Crippen molar-refractivity contribution >= 4 is 17.7 Å². The van der Waals surface area contributed by atoms with Crippen molar-refractivity contribution in [2.45, 2.75) is 69.4 Å². The van der Waals surface area contributed by atoms with Gasteiger partial charge in [0.15, 0.2) is 5.82 Å². The third kappa shape index (κ3) is 3.72. The Morgan fingerprint density at radius 2 is 1.81 bits per heavy atom. The topological polar surface area (TPSA) is 77.0 Å². The Morgan fingerprint density at radius 1 is 1.19 bits per heavy atom. The van der Waals surface area contributed by atoms with Gasteiger partial charge in [-0.05, 0) is 47.0 Å². The molecule has 0 radical (unpaired) electrons. The Kier molecular flexibility index (Phi) is 5.55. The zero-order valence-electron chi connectivity index (χ0n) is 15.8. The minimum Gasteiger partial charge on any atom is -0.336 e. The highest BCUT2D eigenvalue weighted by molar-refractivity contribution is 8.00. The van der Waals surface area contributed by atoms with Gasteiger partial charge in [0.05, 0.1) is 5.25 Å². The van der Waals surface area contributed by atoms with Crippen LogP contribution in [-0.4, -0.2) is 43.0 Å². The second kappa shape index (κ2) is 7.70. The quantitative estimate of drug-likeness (QED) is 0.658. The Labute approximate surface area is 159 Å². The summed E-state index contributed by atoms with van der Waals surface area (Å²) in [7, 11) is 0. The highest BCUT2D eigenvalue weighted by Crippen LogP contribution is 2.29. The summed E-state index contributed by atoms with van der Waals surface area (Å²) in [4.78, 5) is 15.0. The van der Waals surface area contributed by atoms with Crippen LogP contribution in [0.2, 0.25) is 0 Å². The van der Waals surface area contributed by atoms with E-state index in [0.29, 0.717) is 11.0 Å². The molecule has 0 spiro atoms. The number of rotatable bonds is 4. The van der Waals surface area contributed by atoms with Gasteiger partial charge in [0, 0.05) is 17.6 Å². The number of aryl methyl sites for hydroxylation is 1. The van der Waals surface area contributed by atoms with Crippen molar-refractivity contribution in [2.24, 2.45) is 0 Å². The van der Waals surface area contributed by atoms with E-state index in [9.17, 15) is 4.79 Å². The molecule has 26 heavy (non-hydrogen) atoms. The SMILES string of the molecule is Cc1ccc(-c2nnc(S[C@@H](C)C(=O)N3[C@H](C)CCC[C@@H]3C)n2N)cc1. The van der Waals surface area contributed by atoms with Gasteiger partial charge in [-0.25, -0.2) is 4.68 Å². The molecule has 1 aliphatic heterocycles. The number of nitrogen functional groups attached to an aromatic ring is 1. The van der Waals surface area contributed by atoms with E-state index in [-0.39, 0.29) is 23.2 Å². The summed E-state index contributed by atoms with van der Waals surface area (Å²) in [6, 6.07) is 8.55. The summed E-state index contributed by atoms with van der Waals surface area (Å²) >= 11 is 1.37. The van der Waals surface area contributed by atoms with Gasteiger partial charge in [-0.15, -0.1) is 10.2 Å². The lowest BCUT2D eigenvalue weighted by molar-refractivity contribution is -0.136. The third-order valence-corrected chi connectivity index (χ3v) is 6.10. The average Bonchev–Trinajstić information content (AvgIpc) is 2.96. The maximum absolute atomic E-state index is 13.0. The molecule has 1 fully saturated rings. The normalized spacial score (nSPS) is 21.6. The van der Waals surface area contributed by atoms with Crippen LogP contribution in [0, 0.1) is 6.92 Å². The first-order valence-electron chi connectivity index (χ1n) is 9.15. The number of carbonyl (C=O) groups is 1. The minimum atomic E-state index is -0.254. The van der Waals surface area contributed by atoms with Crippen LogP contribution >= 0.6 is 11.8 Å². The molecule has 1 aliphatic rings. The summed E-state index contributed by atoms with van der Waals surface area (Å²) in [6.45, 7) is 8.22. The van der Waals surface area contributed by atoms with Gasteiger partial charge in [0.2, 0.25) is 11.1 Å². The minimum absolute atomic E-state index is 0.148. The van der Waals surface area contributed by atoms with Crippen LogP contribution in [0.4, 0.5) is 0 Å². The van der Waals surface area contributed by atoms with Crippen LogP contribution in [0.3, 0.4) is 0 Å². The number of benzene rings is 1. The number of carbonyl (C=O) groups excluding carboxylic acids is 1. The summed E-state index contributed by atoms with van der Waals surface area (Å²) in [5.74, 6) is 6.95. The Bertz CT molecular complexity index is 763. The van der Waals surface area contributed by atoms with Crippen molar-refractivity contribution in [1.29, 1.82) is 0 Å². The highest BCUT2D eigenvalue weighted by Gasteiger charge is 2.32. The fraction of sp³-hybridized carbons (Fsp3) is 0.526. The number of likely N-dealkylation sites (tertiary alicyclic amines) is 1. The van der Waals surface area contributed by atoms with E-state index in [1.54, 1.807) is 0 Å². The molecule has 1 aromatic heterocycles. The van der Waals surface area contributed by atoms with Gasteiger partial charge >= 0.3 is 0 Å². The van der Waals surface area contributed by atoms with Gasteiger partial charge in [-0.1, -0.05) is 41.6 Å². The monoisotopic (exact) mass is 373 g/mol. The zero-order valence-corrected chi connectivity index (χ0v) is 16.7. The molecule has 1 saturated heterocycles. The maximum atomic E-state index is 13.0. The second-order valence-corrected chi connectivity index (χ2v) is 8.48. The maximum Gasteiger partial charge on any atom is 0.236 e. The van der Waals surface area contributed by atoms with Gasteiger partial charge in [0.25, 0.3) is 0 Å². The lowest BCUT2D eigenvalue weighted by Crippen LogP contribution is -2.50. The fourth-order valence-electron chi connectivity index (χ4n) is 3.53. The first-order chi connectivity index (χ1) is 12.4. The van der Waals surface area contributed by atoms with Gasteiger partial charge in [-0.3, -0.25) is 4.79 Å². The average molecular weight is 374 g/mol. The molecule has 2 heterocycles. The molecule has 3 rings (SSSR count). The Balaban J connectivity index is 1.74. The van der Waals surface area contributed by atoms with Crippen LogP contribution in [-0.2, 0) is 4.79 Å². The predicted octanol–water partition coefficient (Wildman–Crippen LogP) is 3.24. The van der Waals surface area contributed by atoms with E-state index < -0.39 is 0 Å². The van der Waals surface area contributed by atoms with Gasteiger partial charge < -0.3 is 10.7 Å². The van der Waals surface area contributed by atoms with Crippen molar-refractivity contribution in [3.05, 3.63) is 29.8 Å². The number of thioether (sulfide) groups is 1. The number of amides is 1. The van der Waals surface area contributed by atoms with E-state index in [0.717, 1.165) is 18.4 Å². The van der Waals surface area contributed by atoms with E-state index >= 15 is 0 Å². The Morgan fingerprint density at radius 3 is 2.42 bits per heavy atom. The number of piperidine rings is 1. The van der Waals surface area contributed by atoms with Crippen molar-refractivity contribution < 1.29 is 4.79 Å². The van der Waals surface area contributed by atoms with Crippen LogP contribution in [0.25, 0.3) is 11.4 Å². The molecule has 1 aromatic carbocycles. The van der Waals surface area contributed by atoms with E-state index in [4.69, 9.17) is 5.84 Å². The first-order valence-corrected chi connectivity index (χ1v) is 10.0. The number of hydrogen-bond acceptors (Lipinski definition) is 5. The molecule has 1 amide bonds. The lowest BCUT2D eigenvalue weighted by Gasteiger charge is -2.40. The first kappa shape index (κ1) is 18.8. The summed E-state index contributed by atoms with van der Waals surface area (Å²) in [5, 5.41) is 8.71. The molecular formula is C19H27N5OS. The van der Waals surface area contributed by atoms with Crippen molar-refractivity contribution in [3.8, 4) is 11.4 Å². The van der Waals surface area contributed by atoms with Crippen LogP contribution in [0.15, 0.2) is 29.4 Å². The standard InChI is InChI=1S/C19H27N5OS/c1-12-8-10-16(11-9-12)17-21-22-19(24(17)20)26-15(4)18(25)23-13(2)6-5-7-14(23)3/h8-11,13-15H,5-7,20H2,1-4H3/t13-,14+,15-/m0/s1. The summed E-state index contributed by atoms with van der Waals surface area (Å²) in [6.07, 6.45) is 3.32. The van der Waals surface area contributed by atoms with Gasteiger partial charge in [-0.2, -0.15) is 0 Å². The van der Waals surface area contributed by atoms with Crippen molar-refractivity contribution in [2.75, 3.05) is 5.84 Å². The second-order valence-electron chi connectivity index (χ2n) is 7.18. The van der Waals surface area contributed by atoms with E-state index in [1.165, 1.54) is 28.4 Å². The van der Waals surface area contributed by atoms with Crippen LogP contribution in [0.5, 0.6) is 0 Å².